The monoisotopic (exact) mass is 333 g/mol. The Labute approximate surface area is 140 Å². The van der Waals surface area contributed by atoms with Crippen molar-refractivity contribution in [3.05, 3.63) is 36.4 Å². The Morgan fingerprint density at radius 3 is 2.42 bits per heavy atom. The molecule has 0 saturated carbocycles. The summed E-state index contributed by atoms with van der Waals surface area (Å²) in [4.78, 5) is 0. The summed E-state index contributed by atoms with van der Waals surface area (Å²) < 4.78 is 5.72. The molecular weight excluding hydrogens is 310 g/mol. The number of nitrogens with one attached hydrogen (secondary N) is 1. The van der Waals surface area contributed by atoms with Gasteiger partial charge in [-0.05, 0) is 12.1 Å². The molecule has 24 heavy (non-hydrogen) atoms. The number of phenolic OH excluding ortho intramolecular Hbond substituents is 1. The summed E-state index contributed by atoms with van der Waals surface area (Å²) in [5, 5.41) is 44.2. The molecule has 3 rings (SSSR count). The van der Waals surface area contributed by atoms with Crippen molar-refractivity contribution >= 4 is 16.5 Å². The van der Waals surface area contributed by atoms with Crippen LogP contribution in [0.15, 0.2) is 36.4 Å². The number of aromatic hydroxyl groups is 1. The van der Waals surface area contributed by atoms with Crippen LogP contribution in [0.25, 0.3) is 10.8 Å². The molecule has 0 aromatic heterocycles. The highest BCUT2D eigenvalue weighted by Gasteiger charge is 2.41. The SMILES string of the molecule is C[C@@H]1[C@@H](O)[C@@H](O)[C@@H](CO)O[C@@H]1CNc1ccc(O)c2ccccc12. The lowest BCUT2D eigenvalue weighted by Crippen LogP contribution is -2.56. The summed E-state index contributed by atoms with van der Waals surface area (Å²) in [6, 6.07) is 10.9. The average Bonchev–Trinajstić information content (AvgIpc) is 2.61. The van der Waals surface area contributed by atoms with Gasteiger partial charge in [0.1, 0.15) is 18.0 Å². The average molecular weight is 333 g/mol. The maximum atomic E-state index is 10.1. The number of hydrogen-bond acceptors (Lipinski definition) is 6. The van der Waals surface area contributed by atoms with E-state index >= 15 is 0 Å². The van der Waals surface area contributed by atoms with Crippen LogP contribution in [0.5, 0.6) is 5.75 Å². The van der Waals surface area contributed by atoms with Crippen molar-refractivity contribution in [2.45, 2.75) is 31.3 Å². The van der Waals surface area contributed by atoms with E-state index in [9.17, 15) is 20.4 Å². The van der Waals surface area contributed by atoms with E-state index < -0.39 is 18.3 Å². The molecule has 1 heterocycles. The fraction of sp³-hybridized carbons (Fsp3) is 0.444. The van der Waals surface area contributed by atoms with Crippen LogP contribution in [0.4, 0.5) is 5.69 Å². The Bertz CT molecular complexity index is 705. The molecule has 2 aromatic rings. The molecule has 6 heteroatoms. The maximum Gasteiger partial charge on any atom is 0.123 e. The number of hydrogen-bond donors (Lipinski definition) is 5. The molecule has 0 aliphatic carbocycles. The molecule has 6 nitrogen and oxygen atoms in total. The first-order valence-corrected chi connectivity index (χ1v) is 8.10. The standard InChI is InChI=1S/C18H23NO5/c1-10-15(24-16(9-20)18(23)17(10)22)8-19-13-6-7-14(21)12-5-3-2-4-11(12)13/h2-7,10,15-23H,8-9H2,1H3/t10-,15+,16+,17+,18-/m0/s1. The lowest BCUT2D eigenvalue weighted by atomic mass is 9.88. The third-order valence-electron chi connectivity index (χ3n) is 4.78. The Morgan fingerprint density at radius 1 is 1.00 bits per heavy atom. The van der Waals surface area contributed by atoms with Gasteiger partial charge in [0.15, 0.2) is 0 Å². The van der Waals surface area contributed by atoms with Gasteiger partial charge >= 0.3 is 0 Å². The number of aliphatic hydroxyl groups is 3. The van der Waals surface area contributed by atoms with Gasteiger partial charge in [0.25, 0.3) is 0 Å². The number of phenols is 1. The summed E-state index contributed by atoms with van der Waals surface area (Å²) in [6.07, 6.45) is -3.18. The van der Waals surface area contributed by atoms with Gasteiger partial charge < -0.3 is 30.5 Å². The molecule has 2 aromatic carbocycles. The van der Waals surface area contributed by atoms with Gasteiger partial charge in [-0.2, -0.15) is 0 Å². The van der Waals surface area contributed by atoms with E-state index in [0.29, 0.717) is 6.54 Å². The fourth-order valence-corrected chi connectivity index (χ4v) is 3.21. The van der Waals surface area contributed by atoms with E-state index in [0.717, 1.165) is 16.5 Å². The van der Waals surface area contributed by atoms with Crippen LogP contribution in [0.3, 0.4) is 0 Å². The highest BCUT2D eigenvalue weighted by atomic mass is 16.5. The first-order valence-electron chi connectivity index (χ1n) is 8.10. The van der Waals surface area contributed by atoms with Gasteiger partial charge in [-0.1, -0.05) is 31.2 Å². The van der Waals surface area contributed by atoms with Gasteiger partial charge in [-0.15, -0.1) is 0 Å². The van der Waals surface area contributed by atoms with Crippen molar-refractivity contribution in [3.8, 4) is 5.75 Å². The molecule has 1 fully saturated rings. The van der Waals surface area contributed by atoms with Gasteiger partial charge in [-0.25, -0.2) is 0 Å². The highest BCUT2D eigenvalue weighted by Crippen LogP contribution is 2.31. The second kappa shape index (κ2) is 6.94. The zero-order chi connectivity index (χ0) is 17.3. The van der Waals surface area contributed by atoms with Crippen LogP contribution < -0.4 is 5.32 Å². The molecule has 5 N–H and O–H groups in total. The quantitative estimate of drug-likeness (QED) is 0.537. The van der Waals surface area contributed by atoms with Crippen molar-refractivity contribution in [2.24, 2.45) is 5.92 Å². The lowest BCUT2D eigenvalue weighted by Gasteiger charge is -2.41. The van der Waals surface area contributed by atoms with E-state index in [1.807, 2.05) is 31.2 Å². The van der Waals surface area contributed by atoms with Crippen LogP contribution in [0, 0.1) is 5.92 Å². The van der Waals surface area contributed by atoms with E-state index in [2.05, 4.69) is 5.32 Å². The summed E-state index contributed by atoms with van der Waals surface area (Å²) in [5.41, 5.74) is 0.848. The summed E-state index contributed by atoms with van der Waals surface area (Å²) in [6.45, 7) is 1.88. The largest absolute Gasteiger partial charge is 0.507 e. The van der Waals surface area contributed by atoms with Gasteiger partial charge in [0, 0.05) is 28.9 Å². The zero-order valence-electron chi connectivity index (χ0n) is 13.5. The molecule has 0 bridgehead atoms. The number of ether oxygens (including phenoxy) is 1. The molecule has 0 amide bonds. The van der Waals surface area contributed by atoms with Crippen LogP contribution in [0.1, 0.15) is 6.92 Å². The predicted octanol–water partition coefficient (Wildman–Crippen LogP) is 1.07. The lowest BCUT2D eigenvalue weighted by molar-refractivity contribution is -0.201. The van der Waals surface area contributed by atoms with E-state index in [1.165, 1.54) is 0 Å². The summed E-state index contributed by atoms with van der Waals surface area (Å²) in [5.74, 6) is -0.0593. The normalized spacial score (nSPS) is 30.4. The Morgan fingerprint density at radius 2 is 1.71 bits per heavy atom. The third-order valence-corrected chi connectivity index (χ3v) is 4.78. The fourth-order valence-electron chi connectivity index (χ4n) is 3.21. The van der Waals surface area contributed by atoms with E-state index in [-0.39, 0.29) is 24.4 Å². The van der Waals surface area contributed by atoms with Gasteiger partial charge in [0.2, 0.25) is 0 Å². The number of aliphatic hydroxyl groups excluding tert-OH is 3. The predicted molar refractivity (Wildman–Crippen MR) is 91.0 cm³/mol. The van der Waals surface area contributed by atoms with Crippen LogP contribution in [-0.4, -0.2) is 58.0 Å². The minimum absolute atomic E-state index is 0.220. The van der Waals surface area contributed by atoms with Crippen LogP contribution in [-0.2, 0) is 4.74 Å². The Kier molecular flexibility index (Phi) is 4.91. The van der Waals surface area contributed by atoms with E-state index in [4.69, 9.17) is 4.74 Å². The van der Waals surface area contributed by atoms with Crippen molar-refractivity contribution < 1.29 is 25.2 Å². The van der Waals surface area contributed by atoms with Gasteiger partial charge in [-0.3, -0.25) is 0 Å². The topological polar surface area (TPSA) is 102 Å². The summed E-state index contributed by atoms with van der Waals surface area (Å²) in [7, 11) is 0. The van der Waals surface area contributed by atoms with Crippen molar-refractivity contribution in [1.82, 2.24) is 0 Å². The smallest absolute Gasteiger partial charge is 0.123 e. The summed E-state index contributed by atoms with van der Waals surface area (Å²) >= 11 is 0. The highest BCUT2D eigenvalue weighted by molar-refractivity contribution is 5.97. The second-order valence-electron chi connectivity index (χ2n) is 6.29. The molecule has 1 aliphatic heterocycles. The Balaban J connectivity index is 1.77. The molecule has 5 atom stereocenters. The number of anilines is 1. The van der Waals surface area contributed by atoms with Gasteiger partial charge in [0.05, 0.1) is 18.8 Å². The number of rotatable bonds is 4. The van der Waals surface area contributed by atoms with Crippen LogP contribution >= 0.6 is 0 Å². The Hall–Kier alpha value is -1.86. The molecular formula is C18H23NO5. The zero-order valence-corrected chi connectivity index (χ0v) is 13.5. The third kappa shape index (κ3) is 3.06. The minimum Gasteiger partial charge on any atom is -0.507 e. The van der Waals surface area contributed by atoms with Crippen molar-refractivity contribution in [3.63, 3.8) is 0 Å². The molecule has 1 saturated heterocycles. The first kappa shape index (κ1) is 17.0. The molecule has 0 unspecified atom stereocenters. The number of fused-ring (bicyclic) bond motifs is 1. The van der Waals surface area contributed by atoms with E-state index in [1.54, 1.807) is 12.1 Å². The molecule has 1 aliphatic rings. The molecule has 0 spiro atoms. The molecule has 0 radical (unpaired) electrons. The van der Waals surface area contributed by atoms with Crippen molar-refractivity contribution in [2.75, 3.05) is 18.5 Å². The maximum absolute atomic E-state index is 10.1. The second-order valence-corrected chi connectivity index (χ2v) is 6.29. The van der Waals surface area contributed by atoms with Crippen LogP contribution in [0.2, 0.25) is 0 Å². The van der Waals surface area contributed by atoms with Crippen molar-refractivity contribution in [1.29, 1.82) is 0 Å². The minimum atomic E-state index is -1.09. The first-order chi connectivity index (χ1) is 11.5. The molecule has 130 valence electrons. The number of benzene rings is 2.